The summed E-state index contributed by atoms with van der Waals surface area (Å²) in [4.78, 5) is 2.15. The zero-order valence-electron chi connectivity index (χ0n) is 15.0. The highest BCUT2D eigenvalue weighted by molar-refractivity contribution is 5.85. The fourth-order valence-electron chi connectivity index (χ4n) is 2.01. The molecule has 0 aliphatic rings. The minimum Gasteiger partial charge on any atom is -0.493 e. The lowest BCUT2D eigenvalue weighted by Crippen LogP contribution is -2.29. The number of hydrogen-bond acceptors (Lipinski definition) is 5. The Hall–Kier alpha value is -1.27. The molecule has 1 rings (SSSR count). The van der Waals surface area contributed by atoms with E-state index in [1.807, 2.05) is 24.3 Å². The Bertz CT molecular complexity index is 456. The van der Waals surface area contributed by atoms with Crippen LogP contribution in [0.1, 0.15) is 5.56 Å². The number of nitrogens with one attached hydrogen (secondary N) is 1. The lowest BCUT2D eigenvalue weighted by atomic mass is 10.1. The second-order valence-corrected chi connectivity index (χ2v) is 5.49. The Morgan fingerprint density at radius 1 is 1.12 bits per heavy atom. The van der Waals surface area contributed by atoms with Crippen molar-refractivity contribution in [1.29, 1.82) is 0 Å². The lowest BCUT2D eigenvalue weighted by Gasteiger charge is -2.12. The number of halogens is 1. The van der Waals surface area contributed by atoms with E-state index in [9.17, 15) is 0 Å². The van der Waals surface area contributed by atoms with Gasteiger partial charge in [0, 0.05) is 19.6 Å². The Morgan fingerprint density at radius 3 is 2.58 bits per heavy atom. The summed E-state index contributed by atoms with van der Waals surface area (Å²) in [5.74, 6) is 1.49. The van der Waals surface area contributed by atoms with Crippen LogP contribution in [0, 0.1) is 0 Å². The van der Waals surface area contributed by atoms with E-state index in [2.05, 4.69) is 30.9 Å². The summed E-state index contributed by atoms with van der Waals surface area (Å²) in [5.41, 5.74) is 1.16. The molecule has 0 amide bonds. The van der Waals surface area contributed by atoms with E-state index < -0.39 is 0 Å². The van der Waals surface area contributed by atoms with E-state index in [0.717, 1.165) is 43.1 Å². The predicted octanol–water partition coefficient (Wildman–Crippen LogP) is 2.39. The Kier molecular flexibility index (Phi) is 13.4. The van der Waals surface area contributed by atoms with Crippen molar-refractivity contribution < 1.29 is 14.2 Å². The van der Waals surface area contributed by atoms with Crippen molar-refractivity contribution in [3.63, 3.8) is 0 Å². The topological polar surface area (TPSA) is 43.0 Å². The number of likely N-dealkylation sites (N-methyl/N-ethyl adjacent to an activating group) is 1. The van der Waals surface area contributed by atoms with Gasteiger partial charge in [-0.3, -0.25) is 0 Å². The third-order valence-electron chi connectivity index (χ3n) is 3.25. The monoisotopic (exact) mass is 358 g/mol. The van der Waals surface area contributed by atoms with E-state index in [0.29, 0.717) is 19.8 Å². The summed E-state index contributed by atoms with van der Waals surface area (Å²) >= 11 is 0. The van der Waals surface area contributed by atoms with Crippen LogP contribution in [0.4, 0.5) is 0 Å². The summed E-state index contributed by atoms with van der Waals surface area (Å²) < 4.78 is 16.6. The summed E-state index contributed by atoms with van der Waals surface area (Å²) in [7, 11) is 5.78. The number of hydrogen-bond donors (Lipinski definition) is 1. The van der Waals surface area contributed by atoms with Crippen LogP contribution < -0.4 is 14.8 Å². The minimum absolute atomic E-state index is 0. The molecule has 0 aliphatic heterocycles. The van der Waals surface area contributed by atoms with Crippen molar-refractivity contribution in [2.75, 3.05) is 60.7 Å². The maximum absolute atomic E-state index is 5.72. The van der Waals surface area contributed by atoms with Gasteiger partial charge in [0.1, 0.15) is 6.61 Å². The summed E-state index contributed by atoms with van der Waals surface area (Å²) in [5, 5.41) is 3.33. The summed E-state index contributed by atoms with van der Waals surface area (Å²) in [6, 6.07) is 5.93. The number of ether oxygens (including phenoxy) is 3. The molecule has 0 heterocycles. The van der Waals surface area contributed by atoms with Crippen LogP contribution in [0.2, 0.25) is 0 Å². The third-order valence-corrected chi connectivity index (χ3v) is 3.25. The molecule has 6 heteroatoms. The average Bonchev–Trinajstić information content (AvgIpc) is 2.54. The molecular weight excluding hydrogens is 328 g/mol. The second-order valence-electron chi connectivity index (χ2n) is 5.49. The van der Waals surface area contributed by atoms with Crippen LogP contribution in [-0.4, -0.2) is 65.6 Å². The van der Waals surface area contributed by atoms with Crippen molar-refractivity contribution in [1.82, 2.24) is 10.2 Å². The van der Waals surface area contributed by atoms with Gasteiger partial charge in [-0.25, -0.2) is 0 Å². The first-order valence-corrected chi connectivity index (χ1v) is 8.01. The van der Waals surface area contributed by atoms with Crippen LogP contribution in [-0.2, 0) is 11.2 Å². The number of methoxy groups -OCH3 is 1. The normalized spacial score (nSPS) is 10.3. The van der Waals surface area contributed by atoms with E-state index in [1.54, 1.807) is 7.11 Å². The van der Waals surface area contributed by atoms with E-state index in [-0.39, 0.29) is 12.4 Å². The lowest BCUT2D eigenvalue weighted by molar-refractivity contribution is 0.100. The van der Waals surface area contributed by atoms with Crippen LogP contribution in [0.15, 0.2) is 30.9 Å². The van der Waals surface area contributed by atoms with Crippen molar-refractivity contribution >= 4 is 12.4 Å². The smallest absolute Gasteiger partial charge is 0.161 e. The zero-order valence-corrected chi connectivity index (χ0v) is 15.9. The van der Waals surface area contributed by atoms with Crippen LogP contribution in [0.3, 0.4) is 0 Å². The zero-order chi connectivity index (χ0) is 16.9. The highest BCUT2D eigenvalue weighted by Gasteiger charge is 2.05. The highest BCUT2D eigenvalue weighted by Crippen LogP contribution is 2.28. The van der Waals surface area contributed by atoms with Gasteiger partial charge in [-0.1, -0.05) is 12.1 Å². The average molecular weight is 359 g/mol. The molecule has 0 aromatic heterocycles. The third kappa shape index (κ3) is 9.78. The number of benzene rings is 1. The van der Waals surface area contributed by atoms with E-state index in [1.165, 1.54) is 0 Å². The van der Waals surface area contributed by atoms with Crippen LogP contribution >= 0.6 is 12.4 Å². The molecule has 24 heavy (non-hydrogen) atoms. The molecule has 0 saturated carbocycles. The molecule has 138 valence electrons. The van der Waals surface area contributed by atoms with Gasteiger partial charge < -0.3 is 24.4 Å². The molecule has 0 atom stereocenters. The Balaban J connectivity index is 0.00000529. The quantitative estimate of drug-likeness (QED) is 0.433. The maximum atomic E-state index is 5.72. The molecule has 0 spiro atoms. The molecule has 0 aliphatic carbocycles. The van der Waals surface area contributed by atoms with Gasteiger partial charge in [0.15, 0.2) is 11.5 Å². The van der Waals surface area contributed by atoms with E-state index >= 15 is 0 Å². The Morgan fingerprint density at radius 2 is 1.92 bits per heavy atom. The summed E-state index contributed by atoms with van der Waals surface area (Å²) in [6.45, 7) is 8.36. The molecular formula is C18H31ClN2O3. The van der Waals surface area contributed by atoms with Gasteiger partial charge in [0.05, 0.1) is 20.3 Å². The first-order valence-electron chi connectivity index (χ1n) is 8.01. The molecule has 0 radical (unpaired) electrons. The standard InChI is InChI=1S/C18H30N2O3.ClH/c1-5-6-16-7-8-17(18(15-16)21-4)23-14-13-22-12-10-19-9-11-20(2)3;/h5,7-8,15,19H,1,6,9-14H2,2-4H3;1H. The molecule has 1 N–H and O–H groups in total. The first kappa shape index (κ1) is 22.7. The fraction of sp³-hybridized carbons (Fsp3) is 0.556. The van der Waals surface area contributed by atoms with Crippen molar-refractivity contribution in [2.24, 2.45) is 0 Å². The second kappa shape index (κ2) is 14.1. The first-order chi connectivity index (χ1) is 11.2. The summed E-state index contributed by atoms with van der Waals surface area (Å²) in [6.07, 6.45) is 2.69. The molecule has 0 fully saturated rings. The van der Waals surface area contributed by atoms with Crippen LogP contribution in [0.25, 0.3) is 0 Å². The maximum Gasteiger partial charge on any atom is 0.161 e. The highest BCUT2D eigenvalue weighted by atomic mass is 35.5. The van der Waals surface area contributed by atoms with Crippen molar-refractivity contribution in [2.45, 2.75) is 6.42 Å². The van der Waals surface area contributed by atoms with E-state index in [4.69, 9.17) is 14.2 Å². The van der Waals surface area contributed by atoms with Gasteiger partial charge in [0.25, 0.3) is 0 Å². The molecule has 1 aromatic carbocycles. The molecule has 0 unspecified atom stereocenters. The molecule has 1 aromatic rings. The van der Waals surface area contributed by atoms with Crippen LogP contribution in [0.5, 0.6) is 11.5 Å². The van der Waals surface area contributed by atoms with Gasteiger partial charge in [0.2, 0.25) is 0 Å². The number of allylic oxidation sites excluding steroid dienone is 1. The van der Waals surface area contributed by atoms with Gasteiger partial charge in [-0.2, -0.15) is 0 Å². The predicted molar refractivity (Wildman–Crippen MR) is 102 cm³/mol. The molecule has 0 saturated heterocycles. The minimum atomic E-state index is 0. The van der Waals surface area contributed by atoms with Gasteiger partial charge in [-0.15, -0.1) is 19.0 Å². The fourth-order valence-corrected chi connectivity index (χ4v) is 2.01. The number of rotatable bonds is 13. The van der Waals surface area contributed by atoms with Crippen molar-refractivity contribution in [3.8, 4) is 11.5 Å². The van der Waals surface area contributed by atoms with Gasteiger partial charge in [-0.05, 0) is 38.2 Å². The van der Waals surface area contributed by atoms with Gasteiger partial charge >= 0.3 is 0 Å². The number of nitrogens with zero attached hydrogens (tertiary/aromatic N) is 1. The van der Waals surface area contributed by atoms with Crippen molar-refractivity contribution in [3.05, 3.63) is 36.4 Å². The Labute approximate surface area is 152 Å². The molecule has 5 nitrogen and oxygen atoms in total. The molecule has 0 bridgehead atoms. The SMILES string of the molecule is C=CCc1ccc(OCCOCCNCCN(C)C)c(OC)c1.Cl. The largest absolute Gasteiger partial charge is 0.493 e.